The maximum absolute atomic E-state index is 13.1. The minimum atomic E-state index is -0.738. The molecule has 0 heterocycles. The first-order chi connectivity index (χ1) is 10.9. The molecule has 120 valence electrons. The fraction of sp³-hybridized carbons (Fsp3) is 0.133. The average molecular weight is 321 g/mol. The predicted octanol–water partition coefficient (Wildman–Crippen LogP) is 2.95. The lowest BCUT2D eigenvalue weighted by Gasteiger charge is -2.18. The van der Waals surface area contributed by atoms with E-state index in [2.05, 4.69) is 5.32 Å². The maximum atomic E-state index is 13.1. The number of nitro groups is 1. The number of benzene rings is 2. The normalized spacial score (nSPS) is 10.2. The minimum absolute atomic E-state index is 0.103. The average Bonchev–Trinajstić information content (AvgIpc) is 2.46. The first kappa shape index (κ1) is 16.3. The molecule has 0 saturated carbocycles. The molecule has 0 bridgehead atoms. The van der Waals surface area contributed by atoms with Crippen molar-refractivity contribution in [3.63, 3.8) is 0 Å². The second-order valence-corrected chi connectivity index (χ2v) is 4.80. The van der Waals surface area contributed by atoms with Gasteiger partial charge >= 0.3 is 0 Å². The first-order valence-electron chi connectivity index (χ1n) is 6.57. The highest BCUT2D eigenvalue weighted by Crippen LogP contribution is 2.27. The summed E-state index contributed by atoms with van der Waals surface area (Å²) in [7, 11) is 1.46. The molecule has 0 fully saturated rings. The zero-order valence-corrected chi connectivity index (χ0v) is 12.1. The van der Waals surface area contributed by atoms with E-state index in [0.29, 0.717) is 0 Å². The fourth-order valence-electron chi connectivity index (χ4n) is 2.03. The Kier molecular flexibility index (Phi) is 4.85. The third kappa shape index (κ3) is 4.22. The SMILES string of the molecule is CN(CC(=O)Nc1cccc(F)c1)c1ccc(F)cc1[N+](=O)[O-]. The summed E-state index contributed by atoms with van der Waals surface area (Å²) in [6.07, 6.45) is 0. The molecule has 1 N–H and O–H groups in total. The van der Waals surface area contributed by atoms with E-state index in [0.717, 1.165) is 18.2 Å². The molecule has 1 amide bonds. The quantitative estimate of drug-likeness (QED) is 0.678. The van der Waals surface area contributed by atoms with Crippen LogP contribution < -0.4 is 10.2 Å². The molecule has 0 aliphatic carbocycles. The molecule has 0 unspecified atom stereocenters. The van der Waals surface area contributed by atoms with E-state index in [1.165, 1.54) is 36.2 Å². The van der Waals surface area contributed by atoms with Gasteiger partial charge in [0.2, 0.25) is 5.91 Å². The van der Waals surface area contributed by atoms with Gasteiger partial charge in [-0.2, -0.15) is 0 Å². The van der Waals surface area contributed by atoms with Crippen LogP contribution >= 0.6 is 0 Å². The number of halogens is 2. The van der Waals surface area contributed by atoms with Crippen molar-refractivity contribution in [1.82, 2.24) is 0 Å². The van der Waals surface area contributed by atoms with Crippen LogP contribution in [0.1, 0.15) is 0 Å². The number of likely N-dealkylation sites (N-methyl/N-ethyl adjacent to an activating group) is 1. The zero-order valence-electron chi connectivity index (χ0n) is 12.1. The van der Waals surface area contributed by atoms with Gasteiger partial charge < -0.3 is 10.2 Å². The van der Waals surface area contributed by atoms with Gasteiger partial charge in [-0.05, 0) is 30.3 Å². The highest BCUT2D eigenvalue weighted by Gasteiger charge is 2.19. The van der Waals surface area contributed by atoms with Crippen LogP contribution in [0, 0.1) is 21.7 Å². The monoisotopic (exact) mass is 321 g/mol. The Morgan fingerprint density at radius 3 is 2.57 bits per heavy atom. The minimum Gasteiger partial charge on any atom is -0.360 e. The van der Waals surface area contributed by atoms with Crippen molar-refractivity contribution >= 4 is 23.0 Å². The van der Waals surface area contributed by atoms with Crippen LogP contribution in [-0.2, 0) is 4.79 Å². The second kappa shape index (κ2) is 6.82. The number of nitrogens with zero attached hydrogens (tertiary/aromatic N) is 2. The summed E-state index contributed by atoms with van der Waals surface area (Å²) in [6, 6.07) is 8.44. The van der Waals surface area contributed by atoms with Gasteiger partial charge in [-0.25, -0.2) is 8.78 Å². The van der Waals surface area contributed by atoms with Crippen LogP contribution in [-0.4, -0.2) is 24.4 Å². The largest absolute Gasteiger partial charge is 0.360 e. The molecule has 2 aromatic carbocycles. The number of nitro benzene ring substituents is 1. The molecule has 0 aliphatic rings. The van der Waals surface area contributed by atoms with Crippen LogP contribution in [0.5, 0.6) is 0 Å². The zero-order chi connectivity index (χ0) is 17.0. The number of anilines is 2. The van der Waals surface area contributed by atoms with Crippen LogP contribution in [0.4, 0.5) is 25.8 Å². The Morgan fingerprint density at radius 2 is 1.91 bits per heavy atom. The standard InChI is InChI=1S/C15H13F2N3O3/c1-19(13-6-5-11(17)8-14(13)20(22)23)9-15(21)18-12-4-2-3-10(16)7-12/h2-8H,9H2,1H3,(H,18,21). The molecular weight excluding hydrogens is 308 g/mol. The highest BCUT2D eigenvalue weighted by atomic mass is 19.1. The van der Waals surface area contributed by atoms with Crippen molar-refractivity contribution < 1.29 is 18.5 Å². The summed E-state index contributed by atoms with van der Waals surface area (Å²) in [5, 5.41) is 13.4. The van der Waals surface area contributed by atoms with Gasteiger partial charge in [0.25, 0.3) is 5.69 Å². The van der Waals surface area contributed by atoms with Crippen molar-refractivity contribution in [1.29, 1.82) is 0 Å². The summed E-state index contributed by atoms with van der Waals surface area (Å²) in [6.45, 7) is -0.219. The van der Waals surface area contributed by atoms with Crippen molar-refractivity contribution in [3.05, 3.63) is 64.2 Å². The topological polar surface area (TPSA) is 75.5 Å². The van der Waals surface area contributed by atoms with Crippen molar-refractivity contribution in [3.8, 4) is 0 Å². The Balaban J connectivity index is 2.11. The molecule has 0 aliphatic heterocycles. The van der Waals surface area contributed by atoms with E-state index in [-0.39, 0.29) is 17.9 Å². The summed E-state index contributed by atoms with van der Waals surface area (Å²) in [4.78, 5) is 23.5. The van der Waals surface area contributed by atoms with Crippen molar-refractivity contribution in [2.24, 2.45) is 0 Å². The summed E-state index contributed by atoms with van der Waals surface area (Å²) >= 11 is 0. The van der Waals surface area contributed by atoms with Gasteiger partial charge in [-0.3, -0.25) is 14.9 Å². The van der Waals surface area contributed by atoms with E-state index < -0.39 is 28.2 Å². The number of carbonyl (C=O) groups is 1. The van der Waals surface area contributed by atoms with Crippen molar-refractivity contribution in [2.75, 3.05) is 23.8 Å². The third-order valence-electron chi connectivity index (χ3n) is 3.03. The number of hydrogen-bond acceptors (Lipinski definition) is 4. The molecule has 23 heavy (non-hydrogen) atoms. The smallest absolute Gasteiger partial charge is 0.295 e. The Hall–Kier alpha value is -3.03. The Morgan fingerprint density at radius 1 is 1.22 bits per heavy atom. The molecule has 0 spiro atoms. The summed E-state index contributed by atoms with van der Waals surface area (Å²) in [5.74, 6) is -1.72. The van der Waals surface area contributed by atoms with E-state index in [4.69, 9.17) is 0 Å². The van der Waals surface area contributed by atoms with Gasteiger partial charge in [0.05, 0.1) is 17.5 Å². The lowest BCUT2D eigenvalue weighted by molar-refractivity contribution is -0.384. The number of carbonyl (C=O) groups excluding carboxylic acids is 1. The maximum Gasteiger partial charge on any atom is 0.295 e. The molecule has 0 saturated heterocycles. The number of nitrogens with one attached hydrogen (secondary N) is 1. The predicted molar refractivity (Wildman–Crippen MR) is 81.4 cm³/mol. The van der Waals surface area contributed by atoms with Crippen molar-refractivity contribution in [2.45, 2.75) is 0 Å². The Bertz CT molecular complexity index is 752. The van der Waals surface area contributed by atoms with Gasteiger partial charge in [0, 0.05) is 12.7 Å². The molecule has 2 rings (SSSR count). The van der Waals surface area contributed by atoms with E-state index >= 15 is 0 Å². The fourth-order valence-corrected chi connectivity index (χ4v) is 2.03. The summed E-state index contributed by atoms with van der Waals surface area (Å²) < 4.78 is 26.2. The van der Waals surface area contributed by atoms with Crippen LogP contribution in [0.3, 0.4) is 0 Å². The van der Waals surface area contributed by atoms with E-state index in [9.17, 15) is 23.7 Å². The molecule has 0 radical (unpaired) electrons. The molecule has 8 heteroatoms. The van der Waals surface area contributed by atoms with Crippen LogP contribution in [0.2, 0.25) is 0 Å². The van der Waals surface area contributed by atoms with Gasteiger partial charge in [0.1, 0.15) is 17.3 Å². The third-order valence-corrected chi connectivity index (χ3v) is 3.03. The molecule has 0 aromatic heterocycles. The second-order valence-electron chi connectivity index (χ2n) is 4.80. The number of amides is 1. The molecule has 0 atom stereocenters. The lowest BCUT2D eigenvalue weighted by Crippen LogP contribution is -2.30. The summed E-state index contributed by atoms with van der Waals surface area (Å²) in [5.41, 5.74) is -0.0612. The van der Waals surface area contributed by atoms with Gasteiger partial charge in [-0.15, -0.1) is 0 Å². The lowest BCUT2D eigenvalue weighted by atomic mass is 10.2. The van der Waals surface area contributed by atoms with E-state index in [1.54, 1.807) is 0 Å². The molecular formula is C15H13F2N3O3. The van der Waals surface area contributed by atoms with E-state index in [1.807, 2.05) is 0 Å². The highest BCUT2D eigenvalue weighted by molar-refractivity contribution is 5.94. The first-order valence-corrected chi connectivity index (χ1v) is 6.57. The van der Waals surface area contributed by atoms with Crippen LogP contribution in [0.25, 0.3) is 0 Å². The number of rotatable bonds is 5. The van der Waals surface area contributed by atoms with Gasteiger partial charge in [0.15, 0.2) is 0 Å². The molecule has 2 aromatic rings. The van der Waals surface area contributed by atoms with Gasteiger partial charge in [-0.1, -0.05) is 6.07 Å². The Labute approximate surface area is 130 Å². The van der Waals surface area contributed by atoms with Crippen LogP contribution in [0.15, 0.2) is 42.5 Å². The molecule has 6 nitrogen and oxygen atoms in total. The number of hydrogen-bond donors (Lipinski definition) is 1.